The second kappa shape index (κ2) is 6.90. The minimum atomic E-state index is -0.281. The zero-order valence-electron chi connectivity index (χ0n) is 11.9. The Kier molecular flexibility index (Phi) is 5.20. The summed E-state index contributed by atoms with van der Waals surface area (Å²) >= 11 is 0. The molecule has 1 N–H and O–H groups in total. The first-order valence-electron chi connectivity index (χ1n) is 7.28. The monoisotopic (exact) mass is 265 g/mol. The van der Waals surface area contributed by atoms with Gasteiger partial charge in [-0.2, -0.15) is 0 Å². The van der Waals surface area contributed by atoms with Crippen molar-refractivity contribution in [1.29, 1.82) is 0 Å². The number of hydrogen-bond acceptors (Lipinski definition) is 2. The van der Waals surface area contributed by atoms with Crippen LogP contribution in [0, 0.1) is 11.7 Å². The molecule has 19 heavy (non-hydrogen) atoms. The van der Waals surface area contributed by atoms with Gasteiger partial charge in [0.1, 0.15) is 0 Å². The molecule has 0 saturated heterocycles. The number of benzene rings is 1. The molecule has 2 nitrogen and oxygen atoms in total. The lowest BCUT2D eigenvalue weighted by atomic mass is 9.84. The highest BCUT2D eigenvalue weighted by atomic mass is 19.1. The van der Waals surface area contributed by atoms with Crippen LogP contribution in [0.2, 0.25) is 0 Å². The van der Waals surface area contributed by atoms with E-state index in [0.29, 0.717) is 11.8 Å². The normalized spacial score (nSPS) is 23.3. The number of halogens is 1. The third kappa shape index (κ3) is 3.93. The van der Waals surface area contributed by atoms with E-state index in [1.165, 1.54) is 39.2 Å². The zero-order chi connectivity index (χ0) is 13.7. The van der Waals surface area contributed by atoms with Gasteiger partial charge in [-0.1, -0.05) is 19.4 Å². The molecule has 1 aromatic rings. The highest BCUT2D eigenvalue weighted by Crippen LogP contribution is 2.26. The van der Waals surface area contributed by atoms with Crippen LogP contribution < -0.4 is 10.1 Å². The number of hydrogen-bond donors (Lipinski definition) is 1. The van der Waals surface area contributed by atoms with E-state index < -0.39 is 0 Å². The minimum absolute atomic E-state index is 0.281. The van der Waals surface area contributed by atoms with E-state index in [9.17, 15) is 4.39 Å². The average molecular weight is 265 g/mol. The maximum absolute atomic E-state index is 13.6. The summed E-state index contributed by atoms with van der Waals surface area (Å²) in [6.45, 7) is 3.01. The quantitative estimate of drug-likeness (QED) is 0.872. The van der Waals surface area contributed by atoms with Gasteiger partial charge in [-0.25, -0.2) is 4.39 Å². The first-order valence-corrected chi connectivity index (χ1v) is 7.28. The molecule has 0 aliphatic heterocycles. The topological polar surface area (TPSA) is 21.3 Å². The Hall–Kier alpha value is -1.09. The predicted molar refractivity (Wildman–Crippen MR) is 75.8 cm³/mol. The predicted octanol–water partition coefficient (Wildman–Crippen LogP) is 3.89. The maximum Gasteiger partial charge on any atom is 0.165 e. The Bertz CT molecular complexity index is 400. The van der Waals surface area contributed by atoms with Crippen LogP contribution >= 0.6 is 0 Å². The van der Waals surface area contributed by atoms with Crippen LogP contribution in [0.25, 0.3) is 0 Å². The van der Waals surface area contributed by atoms with Crippen molar-refractivity contribution in [3.05, 3.63) is 29.6 Å². The molecule has 3 heteroatoms. The highest BCUT2D eigenvalue weighted by molar-refractivity contribution is 5.29. The van der Waals surface area contributed by atoms with Crippen LogP contribution in [-0.2, 0) is 6.54 Å². The van der Waals surface area contributed by atoms with Crippen molar-refractivity contribution in [2.24, 2.45) is 5.92 Å². The lowest BCUT2D eigenvalue weighted by molar-refractivity contribution is 0.285. The van der Waals surface area contributed by atoms with Gasteiger partial charge in [-0.15, -0.1) is 0 Å². The number of nitrogens with one attached hydrogen (secondary N) is 1. The summed E-state index contributed by atoms with van der Waals surface area (Å²) in [5.74, 6) is 0.945. The third-order valence-corrected chi connectivity index (χ3v) is 4.24. The van der Waals surface area contributed by atoms with E-state index in [4.69, 9.17) is 4.74 Å². The van der Waals surface area contributed by atoms with E-state index in [1.807, 2.05) is 6.07 Å². The lowest BCUT2D eigenvalue weighted by Gasteiger charge is -2.28. The summed E-state index contributed by atoms with van der Waals surface area (Å²) in [6.07, 6.45) is 6.45. The molecule has 106 valence electrons. The molecule has 0 unspecified atom stereocenters. The summed E-state index contributed by atoms with van der Waals surface area (Å²) < 4.78 is 18.5. The summed E-state index contributed by atoms with van der Waals surface area (Å²) in [5.41, 5.74) is 0.982. The van der Waals surface area contributed by atoms with Crippen molar-refractivity contribution < 1.29 is 9.13 Å². The van der Waals surface area contributed by atoms with Crippen LogP contribution in [0.5, 0.6) is 5.75 Å². The molecule has 1 aliphatic carbocycles. The van der Waals surface area contributed by atoms with Gasteiger partial charge in [0.25, 0.3) is 0 Å². The molecule has 2 rings (SSSR count). The van der Waals surface area contributed by atoms with E-state index >= 15 is 0 Å². The molecule has 1 fully saturated rings. The van der Waals surface area contributed by atoms with Gasteiger partial charge in [0.05, 0.1) is 7.11 Å². The summed E-state index contributed by atoms with van der Waals surface area (Å²) in [7, 11) is 1.49. The van der Waals surface area contributed by atoms with Crippen molar-refractivity contribution in [2.45, 2.75) is 51.6 Å². The summed E-state index contributed by atoms with van der Waals surface area (Å²) in [6, 6.07) is 5.77. The van der Waals surface area contributed by atoms with Crippen LogP contribution in [0.3, 0.4) is 0 Å². The third-order valence-electron chi connectivity index (χ3n) is 4.24. The smallest absolute Gasteiger partial charge is 0.165 e. The average Bonchev–Trinajstić information content (AvgIpc) is 2.46. The van der Waals surface area contributed by atoms with Crippen LogP contribution in [0.1, 0.15) is 44.6 Å². The van der Waals surface area contributed by atoms with Gasteiger partial charge < -0.3 is 10.1 Å². The number of rotatable bonds is 5. The SMILES string of the molecule is CCC1CCC(NCc2ccc(OC)c(F)c2)CC1. The summed E-state index contributed by atoms with van der Waals surface area (Å²) in [5, 5.41) is 3.54. The van der Waals surface area contributed by atoms with Gasteiger partial charge in [0.15, 0.2) is 11.6 Å². The fourth-order valence-corrected chi connectivity index (χ4v) is 2.86. The van der Waals surface area contributed by atoms with E-state index in [1.54, 1.807) is 12.1 Å². The first-order chi connectivity index (χ1) is 9.22. The van der Waals surface area contributed by atoms with Gasteiger partial charge in [0.2, 0.25) is 0 Å². The molecule has 0 amide bonds. The van der Waals surface area contributed by atoms with E-state index in [0.717, 1.165) is 18.0 Å². The van der Waals surface area contributed by atoms with Crippen molar-refractivity contribution in [3.8, 4) is 5.75 Å². The Morgan fingerprint density at radius 1 is 1.26 bits per heavy atom. The second-order valence-electron chi connectivity index (χ2n) is 5.48. The molecule has 0 bridgehead atoms. The number of ether oxygens (including phenoxy) is 1. The Balaban J connectivity index is 1.81. The highest BCUT2D eigenvalue weighted by Gasteiger charge is 2.19. The molecule has 1 aromatic carbocycles. The van der Waals surface area contributed by atoms with Crippen LogP contribution in [0.15, 0.2) is 18.2 Å². The second-order valence-corrected chi connectivity index (χ2v) is 5.48. The fourth-order valence-electron chi connectivity index (χ4n) is 2.86. The molecular weight excluding hydrogens is 241 g/mol. The fraction of sp³-hybridized carbons (Fsp3) is 0.625. The Morgan fingerprint density at radius 2 is 2.00 bits per heavy atom. The van der Waals surface area contributed by atoms with Crippen molar-refractivity contribution in [1.82, 2.24) is 5.32 Å². The molecule has 0 aromatic heterocycles. The minimum Gasteiger partial charge on any atom is -0.494 e. The van der Waals surface area contributed by atoms with E-state index in [2.05, 4.69) is 12.2 Å². The number of methoxy groups -OCH3 is 1. The van der Waals surface area contributed by atoms with E-state index in [-0.39, 0.29) is 5.82 Å². The molecule has 0 spiro atoms. The van der Waals surface area contributed by atoms with Gasteiger partial charge in [-0.3, -0.25) is 0 Å². The van der Waals surface area contributed by atoms with Crippen LogP contribution in [0.4, 0.5) is 4.39 Å². The molecule has 1 aliphatic rings. The largest absolute Gasteiger partial charge is 0.494 e. The zero-order valence-corrected chi connectivity index (χ0v) is 11.9. The van der Waals surface area contributed by atoms with Crippen molar-refractivity contribution >= 4 is 0 Å². The van der Waals surface area contributed by atoms with Crippen LogP contribution in [-0.4, -0.2) is 13.2 Å². The lowest BCUT2D eigenvalue weighted by Crippen LogP contribution is -2.32. The standard InChI is InChI=1S/C16H24FNO/c1-3-12-4-7-14(8-5-12)18-11-13-6-9-16(19-2)15(17)10-13/h6,9-10,12,14,18H,3-5,7-8,11H2,1-2H3. The maximum atomic E-state index is 13.6. The molecular formula is C16H24FNO. The van der Waals surface area contributed by atoms with Gasteiger partial charge in [-0.05, 0) is 49.3 Å². The van der Waals surface area contributed by atoms with Gasteiger partial charge >= 0.3 is 0 Å². The first kappa shape index (κ1) is 14.3. The van der Waals surface area contributed by atoms with Crippen molar-refractivity contribution in [2.75, 3.05) is 7.11 Å². The molecule has 0 atom stereocenters. The summed E-state index contributed by atoms with van der Waals surface area (Å²) in [4.78, 5) is 0. The van der Waals surface area contributed by atoms with Gasteiger partial charge in [0, 0.05) is 12.6 Å². The Morgan fingerprint density at radius 3 is 2.58 bits per heavy atom. The molecule has 1 saturated carbocycles. The van der Waals surface area contributed by atoms with Crippen molar-refractivity contribution in [3.63, 3.8) is 0 Å². The Labute approximate surface area is 115 Å². The molecule has 0 heterocycles. The molecule has 0 radical (unpaired) electrons.